The van der Waals surface area contributed by atoms with Crippen molar-refractivity contribution in [2.75, 3.05) is 13.1 Å². The molecule has 0 aliphatic carbocycles. The molecule has 0 N–H and O–H groups in total. The second kappa shape index (κ2) is 7.05. The summed E-state index contributed by atoms with van der Waals surface area (Å²) in [5, 5.41) is 2.22. The van der Waals surface area contributed by atoms with Crippen molar-refractivity contribution in [3.63, 3.8) is 0 Å². The van der Waals surface area contributed by atoms with Crippen LogP contribution in [0.5, 0.6) is 0 Å². The van der Waals surface area contributed by atoms with Crippen LogP contribution in [0.1, 0.15) is 25.8 Å². The second-order valence-electron chi connectivity index (χ2n) is 6.62. The molecule has 5 nitrogen and oxygen atoms in total. The van der Waals surface area contributed by atoms with E-state index in [1.807, 2.05) is 0 Å². The van der Waals surface area contributed by atoms with Gasteiger partial charge in [0.1, 0.15) is 16.7 Å². The van der Waals surface area contributed by atoms with Crippen LogP contribution in [0, 0.1) is 5.82 Å². The highest BCUT2D eigenvalue weighted by atomic mass is 35.5. The van der Waals surface area contributed by atoms with Gasteiger partial charge in [0, 0.05) is 24.0 Å². The topological polar surface area (TPSA) is 55.2 Å². The average Bonchev–Trinajstić information content (AvgIpc) is 3.33. The zero-order valence-electron chi connectivity index (χ0n) is 14.6. The summed E-state index contributed by atoms with van der Waals surface area (Å²) < 4.78 is 14.9. The maximum atomic E-state index is 13.5. The van der Waals surface area contributed by atoms with E-state index in [0.29, 0.717) is 21.3 Å². The van der Waals surface area contributed by atoms with Gasteiger partial charge in [-0.3, -0.25) is 14.2 Å². The standard InChI is InChI=1S/C19H17ClFN3O2S/c1-11(18(25)23-6-2-3-7-23)24-10-22-17-16(19(24)26)13(9-27-17)12-4-5-15(21)14(20)8-12/h4-5,8-11H,2-3,6-7H2,1H3. The molecule has 8 heteroatoms. The van der Waals surface area contributed by atoms with Gasteiger partial charge in [-0.1, -0.05) is 17.7 Å². The average molecular weight is 406 g/mol. The maximum Gasteiger partial charge on any atom is 0.263 e. The zero-order valence-corrected chi connectivity index (χ0v) is 16.2. The van der Waals surface area contributed by atoms with E-state index in [-0.39, 0.29) is 16.5 Å². The molecule has 1 aliphatic rings. The lowest BCUT2D eigenvalue weighted by Crippen LogP contribution is -2.37. The van der Waals surface area contributed by atoms with Crippen LogP contribution in [0.3, 0.4) is 0 Å². The molecule has 140 valence electrons. The first kappa shape index (κ1) is 18.1. The normalized spacial score (nSPS) is 15.4. The van der Waals surface area contributed by atoms with Gasteiger partial charge < -0.3 is 4.90 Å². The van der Waals surface area contributed by atoms with Crippen LogP contribution < -0.4 is 5.56 Å². The number of likely N-dealkylation sites (tertiary alicyclic amines) is 1. The van der Waals surface area contributed by atoms with Gasteiger partial charge in [0.15, 0.2) is 0 Å². The fourth-order valence-corrected chi connectivity index (χ4v) is 4.51. The Hall–Kier alpha value is -2.25. The lowest BCUT2D eigenvalue weighted by molar-refractivity contribution is -0.133. The number of thiophene rings is 1. The minimum atomic E-state index is -0.628. The molecule has 0 saturated carbocycles. The summed E-state index contributed by atoms with van der Waals surface area (Å²) in [6, 6.07) is 3.72. The number of hydrogen-bond acceptors (Lipinski definition) is 4. The SMILES string of the molecule is CC(C(=O)N1CCCC1)n1cnc2scc(-c3ccc(F)c(Cl)c3)c2c1=O. The largest absolute Gasteiger partial charge is 0.341 e. The van der Waals surface area contributed by atoms with Crippen molar-refractivity contribution < 1.29 is 9.18 Å². The molecular formula is C19H17ClFN3O2S. The van der Waals surface area contributed by atoms with Crippen molar-refractivity contribution in [3.05, 3.63) is 51.1 Å². The number of amides is 1. The van der Waals surface area contributed by atoms with Crippen molar-refractivity contribution >= 4 is 39.1 Å². The van der Waals surface area contributed by atoms with Gasteiger partial charge >= 0.3 is 0 Å². The molecule has 4 rings (SSSR count). The highest BCUT2D eigenvalue weighted by Gasteiger charge is 2.26. The van der Waals surface area contributed by atoms with Gasteiger partial charge in [0.05, 0.1) is 16.7 Å². The van der Waals surface area contributed by atoms with Crippen LogP contribution in [0.25, 0.3) is 21.3 Å². The van der Waals surface area contributed by atoms with E-state index in [9.17, 15) is 14.0 Å². The molecule has 3 heterocycles. The minimum Gasteiger partial charge on any atom is -0.341 e. The molecule has 0 spiro atoms. The van der Waals surface area contributed by atoms with Gasteiger partial charge in [-0.05, 0) is 37.5 Å². The van der Waals surface area contributed by atoms with Crippen molar-refractivity contribution in [1.29, 1.82) is 0 Å². The predicted octanol–water partition coefficient (Wildman–Crippen LogP) is 4.10. The van der Waals surface area contributed by atoms with Crippen LogP contribution in [-0.4, -0.2) is 33.4 Å². The number of hydrogen-bond donors (Lipinski definition) is 0. The molecule has 3 aromatic rings. The Morgan fingerprint density at radius 1 is 1.33 bits per heavy atom. The monoisotopic (exact) mass is 405 g/mol. The molecule has 1 aromatic carbocycles. The molecule has 1 unspecified atom stereocenters. The summed E-state index contributed by atoms with van der Waals surface area (Å²) in [6.45, 7) is 3.17. The van der Waals surface area contributed by atoms with Crippen molar-refractivity contribution in [2.24, 2.45) is 0 Å². The number of nitrogens with zero attached hydrogens (tertiary/aromatic N) is 3. The van der Waals surface area contributed by atoms with Crippen molar-refractivity contribution in [1.82, 2.24) is 14.5 Å². The number of fused-ring (bicyclic) bond motifs is 1. The third kappa shape index (κ3) is 3.15. The van der Waals surface area contributed by atoms with E-state index >= 15 is 0 Å². The highest BCUT2D eigenvalue weighted by Crippen LogP contribution is 2.33. The third-order valence-electron chi connectivity index (χ3n) is 4.94. The smallest absolute Gasteiger partial charge is 0.263 e. The van der Waals surface area contributed by atoms with E-state index in [0.717, 1.165) is 25.9 Å². The first-order chi connectivity index (χ1) is 13.0. The number of carbonyl (C=O) groups is 1. The van der Waals surface area contributed by atoms with Gasteiger partial charge in [0.25, 0.3) is 5.56 Å². The summed E-state index contributed by atoms with van der Waals surface area (Å²) >= 11 is 7.23. The van der Waals surface area contributed by atoms with E-state index < -0.39 is 11.9 Å². The van der Waals surface area contributed by atoms with Crippen LogP contribution in [0.2, 0.25) is 5.02 Å². The van der Waals surface area contributed by atoms with Crippen LogP contribution in [0.4, 0.5) is 4.39 Å². The molecule has 27 heavy (non-hydrogen) atoms. The first-order valence-corrected chi connectivity index (χ1v) is 9.95. The van der Waals surface area contributed by atoms with E-state index in [2.05, 4.69) is 4.98 Å². The Kier molecular flexibility index (Phi) is 4.74. The molecule has 2 aromatic heterocycles. The summed E-state index contributed by atoms with van der Waals surface area (Å²) in [6.07, 6.45) is 3.41. The lowest BCUT2D eigenvalue weighted by atomic mass is 10.1. The Bertz CT molecular complexity index is 1090. The molecular weight excluding hydrogens is 389 g/mol. The molecule has 1 atom stereocenters. The Morgan fingerprint density at radius 3 is 2.78 bits per heavy atom. The van der Waals surface area contributed by atoms with Gasteiger partial charge in [-0.25, -0.2) is 9.37 Å². The fraction of sp³-hybridized carbons (Fsp3) is 0.316. The summed E-state index contributed by atoms with van der Waals surface area (Å²) in [5.41, 5.74) is 1.00. The molecule has 0 radical (unpaired) electrons. The van der Waals surface area contributed by atoms with Crippen LogP contribution in [0.15, 0.2) is 34.7 Å². The maximum absolute atomic E-state index is 13.5. The second-order valence-corrected chi connectivity index (χ2v) is 7.89. The van der Waals surface area contributed by atoms with Crippen LogP contribution >= 0.6 is 22.9 Å². The van der Waals surface area contributed by atoms with E-state index in [4.69, 9.17) is 11.6 Å². The molecule has 1 saturated heterocycles. The number of halogens is 2. The fourth-order valence-electron chi connectivity index (χ4n) is 3.42. The predicted molar refractivity (Wildman–Crippen MR) is 105 cm³/mol. The summed E-state index contributed by atoms with van der Waals surface area (Å²) in [5.74, 6) is -0.585. The molecule has 0 bridgehead atoms. The number of benzene rings is 1. The Balaban J connectivity index is 1.80. The Morgan fingerprint density at radius 2 is 2.07 bits per heavy atom. The summed E-state index contributed by atoms with van der Waals surface area (Å²) in [4.78, 5) is 32.6. The minimum absolute atomic E-state index is 0.00588. The Labute approximate surface area is 164 Å². The number of rotatable bonds is 3. The molecule has 1 amide bonds. The van der Waals surface area contributed by atoms with E-state index in [1.54, 1.807) is 23.3 Å². The number of carbonyl (C=O) groups excluding carboxylic acids is 1. The number of aromatic nitrogens is 2. The zero-order chi connectivity index (χ0) is 19.1. The lowest BCUT2D eigenvalue weighted by Gasteiger charge is -2.21. The van der Waals surface area contributed by atoms with E-state index in [1.165, 1.54) is 34.4 Å². The first-order valence-electron chi connectivity index (χ1n) is 8.70. The highest BCUT2D eigenvalue weighted by molar-refractivity contribution is 7.17. The van der Waals surface area contributed by atoms with Gasteiger partial charge in [0.2, 0.25) is 5.91 Å². The third-order valence-corrected chi connectivity index (χ3v) is 6.12. The van der Waals surface area contributed by atoms with Crippen molar-refractivity contribution in [3.8, 4) is 11.1 Å². The molecule has 1 fully saturated rings. The van der Waals surface area contributed by atoms with Gasteiger partial charge in [-0.15, -0.1) is 11.3 Å². The van der Waals surface area contributed by atoms with Crippen molar-refractivity contribution in [2.45, 2.75) is 25.8 Å². The summed E-state index contributed by atoms with van der Waals surface area (Å²) in [7, 11) is 0. The quantitative estimate of drug-likeness (QED) is 0.659. The van der Waals surface area contributed by atoms with Gasteiger partial charge in [-0.2, -0.15) is 0 Å². The molecule has 1 aliphatic heterocycles. The van der Waals surface area contributed by atoms with Crippen LogP contribution in [-0.2, 0) is 4.79 Å².